The Morgan fingerprint density at radius 1 is 1.28 bits per heavy atom. The summed E-state index contributed by atoms with van der Waals surface area (Å²) in [5, 5.41) is 17.1. The zero-order valence-electron chi connectivity index (χ0n) is 9.92. The third kappa shape index (κ3) is 2.12. The number of rotatable bonds is 4. The highest BCUT2D eigenvalue weighted by Crippen LogP contribution is 2.34. The van der Waals surface area contributed by atoms with Crippen LogP contribution >= 0.6 is 11.6 Å². The fourth-order valence-electron chi connectivity index (χ4n) is 1.60. The summed E-state index contributed by atoms with van der Waals surface area (Å²) in [7, 11) is 3.06. The highest BCUT2D eigenvalue weighted by atomic mass is 35.5. The molecule has 96 valence electrons. The molecule has 0 spiro atoms. The number of aromatic nitrogens is 3. The van der Waals surface area contributed by atoms with Crippen LogP contribution < -0.4 is 9.47 Å². The molecule has 0 fully saturated rings. The molecule has 18 heavy (non-hydrogen) atoms. The first-order valence-corrected chi connectivity index (χ1v) is 5.50. The molecule has 0 radical (unpaired) electrons. The third-order valence-corrected chi connectivity index (χ3v) is 2.77. The van der Waals surface area contributed by atoms with E-state index >= 15 is 0 Å². The van der Waals surface area contributed by atoms with Gasteiger partial charge in [0.15, 0.2) is 5.82 Å². The van der Waals surface area contributed by atoms with Gasteiger partial charge in [-0.25, -0.2) is 0 Å². The molecular weight excluding hydrogens is 258 g/mol. The molecule has 0 aliphatic heterocycles. The Morgan fingerprint density at radius 2 is 2.00 bits per heavy atom. The number of hydrogen-bond acceptors (Lipinski definition) is 5. The summed E-state index contributed by atoms with van der Waals surface area (Å²) in [6, 6.07) is 3.33. The van der Waals surface area contributed by atoms with Gasteiger partial charge in [-0.05, 0) is 6.07 Å². The first-order chi connectivity index (χ1) is 8.71. The van der Waals surface area contributed by atoms with Gasteiger partial charge in [-0.15, -0.1) is 10.2 Å². The average Bonchev–Trinajstić information content (AvgIpc) is 2.86. The molecule has 0 aliphatic carbocycles. The number of hydrogen-bond donors (Lipinski definition) is 1. The van der Waals surface area contributed by atoms with Crippen molar-refractivity contribution in [3.63, 3.8) is 0 Å². The smallest absolute Gasteiger partial charge is 0.163 e. The Kier molecular flexibility index (Phi) is 3.69. The average molecular weight is 270 g/mol. The molecule has 0 amide bonds. The van der Waals surface area contributed by atoms with Gasteiger partial charge in [-0.3, -0.25) is 4.57 Å². The van der Waals surface area contributed by atoms with Crippen LogP contribution in [0.5, 0.6) is 11.5 Å². The second-order valence-corrected chi connectivity index (χ2v) is 3.84. The number of halogens is 1. The lowest BCUT2D eigenvalue weighted by molar-refractivity contribution is 0.268. The lowest BCUT2D eigenvalue weighted by Gasteiger charge is -2.13. The molecule has 2 aromatic rings. The van der Waals surface area contributed by atoms with Gasteiger partial charge >= 0.3 is 0 Å². The highest BCUT2D eigenvalue weighted by Gasteiger charge is 2.14. The zero-order chi connectivity index (χ0) is 13.1. The Bertz CT molecular complexity index is 556. The summed E-state index contributed by atoms with van der Waals surface area (Å²) in [5.74, 6) is 1.45. The van der Waals surface area contributed by atoms with Crippen LogP contribution in [-0.4, -0.2) is 34.1 Å². The molecule has 0 saturated carbocycles. The fourth-order valence-corrected chi connectivity index (χ4v) is 1.84. The predicted octanol–water partition coefficient (Wildman–Crippen LogP) is 1.43. The van der Waals surface area contributed by atoms with Crippen LogP contribution in [-0.2, 0) is 6.61 Å². The molecule has 1 N–H and O–H groups in total. The summed E-state index contributed by atoms with van der Waals surface area (Å²) < 4.78 is 12.0. The molecule has 1 aromatic heterocycles. The van der Waals surface area contributed by atoms with E-state index < -0.39 is 0 Å². The van der Waals surface area contributed by atoms with Gasteiger partial charge in [0, 0.05) is 6.07 Å². The minimum absolute atomic E-state index is 0.229. The van der Waals surface area contributed by atoms with Crippen LogP contribution in [0.2, 0.25) is 5.02 Å². The quantitative estimate of drug-likeness (QED) is 0.909. The van der Waals surface area contributed by atoms with Crippen molar-refractivity contribution < 1.29 is 14.6 Å². The minimum Gasteiger partial charge on any atom is -0.495 e. The van der Waals surface area contributed by atoms with Gasteiger partial charge in [-0.1, -0.05) is 11.6 Å². The summed E-state index contributed by atoms with van der Waals surface area (Å²) in [5.41, 5.74) is 0.636. The normalized spacial score (nSPS) is 10.4. The SMILES string of the molecule is COc1cc(OC)c(-n2cnnc2CO)cc1Cl. The minimum atomic E-state index is -0.229. The van der Waals surface area contributed by atoms with Crippen LogP contribution in [0, 0.1) is 0 Å². The van der Waals surface area contributed by atoms with Crippen molar-refractivity contribution in [2.24, 2.45) is 0 Å². The van der Waals surface area contributed by atoms with E-state index in [1.807, 2.05) is 0 Å². The van der Waals surface area contributed by atoms with Gasteiger partial charge in [0.2, 0.25) is 0 Å². The lowest BCUT2D eigenvalue weighted by Crippen LogP contribution is -2.03. The van der Waals surface area contributed by atoms with Crippen molar-refractivity contribution >= 4 is 11.6 Å². The molecule has 1 heterocycles. The second-order valence-electron chi connectivity index (χ2n) is 3.43. The number of ether oxygens (including phenoxy) is 2. The van der Waals surface area contributed by atoms with Gasteiger partial charge in [0.1, 0.15) is 24.4 Å². The Balaban J connectivity index is 2.60. The van der Waals surface area contributed by atoms with Crippen LogP contribution in [0.3, 0.4) is 0 Å². The van der Waals surface area contributed by atoms with E-state index in [1.54, 1.807) is 16.7 Å². The first-order valence-electron chi connectivity index (χ1n) is 5.13. The number of aliphatic hydroxyl groups is 1. The monoisotopic (exact) mass is 269 g/mol. The topological polar surface area (TPSA) is 69.4 Å². The number of methoxy groups -OCH3 is 2. The van der Waals surface area contributed by atoms with E-state index in [0.717, 1.165) is 0 Å². The van der Waals surface area contributed by atoms with E-state index in [9.17, 15) is 5.11 Å². The number of aliphatic hydroxyl groups excluding tert-OH is 1. The standard InChI is InChI=1S/C11H12ClN3O3/c1-17-9-4-10(18-2)8(3-7(9)12)15-6-13-14-11(15)5-16/h3-4,6,16H,5H2,1-2H3. The van der Waals surface area contributed by atoms with Gasteiger partial charge in [-0.2, -0.15) is 0 Å². The Hall–Kier alpha value is -1.79. The molecular formula is C11H12ClN3O3. The van der Waals surface area contributed by atoms with E-state index in [4.69, 9.17) is 21.1 Å². The largest absolute Gasteiger partial charge is 0.495 e. The van der Waals surface area contributed by atoms with Gasteiger partial charge in [0.05, 0.1) is 24.9 Å². The first kappa shape index (κ1) is 12.7. The van der Waals surface area contributed by atoms with Gasteiger partial charge in [0.25, 0.3) is 0 Å². The van der Waals surface area contributed by atoms with Crippen molar-refractivity contribution in [1.29, 1.82) is 0 Å². The summed E-state index contributed by atoms with van der Waals surface area (Å²) in [6.07, 6.45) is 1.48. The highest BCUT2D eigenvalue weighted by molar-refractivity contribution is 6.32. The molecule has 1 aromatic carbocycles. The van der Waals surface area contributed by atoms with Crippen LogP contribution in [0.1, 0.15) is 5.82 Å². The number of nitrogens with zero attached hydrogens (tertiary/aromatic N) is 3. The van der Waals surface area contributed by atoms with Crippen molar-refractivity contribution in [3.8, 4) is 17.2 Å². The molecule has 2 rings (SSSR count). The molecule has 0 unspecified atom stereocenters. The third-order valence-electron chi connectivity index (χ3n) is 2.47. The van der Waals surface area contributed by atoms with E-state index in [1.165, 1.54) is 20.5 Å². The predicted molar refractivity (Wildman–Crippen MR) is 65.4 cm³/mol. The summed E-state index contributed by atoms with van der Waals surface area (Å²) in [6.45, 7) is -0.229. The molecule has 0 bridgehead atoms. The summed E-state index contributed by atoms with van der Waals surface area (Å²) in [4.78, 5) is 0. The van der Waals surface area contributed by atoms with Crippen LogP contribution in [0.25, 0.3) is 5.69 Å². The molecule has 0 aliphatic rings. The molecule has 6 nitrogen and oxygen atoms in total. The maximum atomic E-state index is 9.18. The molecule has 7 heteroatoms. The van der Waals surface area contributed by atoms with E-state index in [-0.39, 0.29) is 6.61 Å². The molecule has 0 atom stereocenters. The van der Waals surface area contributed by atoms with Crippen LogP contribution in [0.15, 0.2) is 18.5 Å². The fraction of sp³-hybridized carbons (Fsp3) is 0.273. The van der Waals surface area contributed by atoms with Crippen molar-refractivity contribution in [1.82, 2.24) is 14.8 Å². The van der Waals surface area contributed by atoms with Crippen molar-refractivity contribution in [3.05, 3.63) is 29.3 Å². The van der Waals surface area contributed by atoms with Crippen molar-refractivity contribution in [2.45, 2.75) is 6.61 Å². The van der Waals surface area contributed by atoms with Crippen LogP contribution in [0.4, 0.5) is 0 Å². The Morgan fingerprint density at radius 3 is 2.61 bits per heavy atom. The second kappa shape index (κ2) is 5.24. The lowest BCUT2D eigenvalue weighted by atomic mass is 10.2. The number of benzene rings is 1. The maximum Gasteiger partial charge on any atom is 0.163 e. The summed E-state index contributed by atoms with van der Waals surface area (Å²) >= 11 is 6.07. The van der Waals surface area contributed by atoms with E-state index in [2.05, 4.69) is 10.2 Å². The van der Waals surface area contributed by atoms with E-state index in [0.29, 0.717) is 28.0 Å². The van der Waals surface area contributed by atoms with Gasteiger partial charge < -0.3 is 14.6 Å². The Labute approximate surface area is 109 Å². The van der Waals surface area contributed by atoms with Crippen molar-refractivity contribution in [2.75, 3.05) is 14.2 Å². The zero-order valence-corrected chi connectivity index (χ0v) is 10.7. The maximum absolute atomic E-state index is 9.18. The molecule has 0 saturated heterocycles.